The van der Waals surface area contributed by atoms with Crippen LogP contribution in [-0.4, -0.2) is 41.2 Å². The minimum absolute atomic E-state index is 0.0174. The molecular weight excluding hydrogens is 422 g/mol. The molecule has 0 aromatic carbocycles. The van der Waals surface area contributed by atoms with Crippen LogP contribution in [0.2, 0.25) is 0 Å². The zero-order chi connectivity index (χ0) is 21.7. The summed E-state index contributed by atoms with van der Waals surface area (Å²) in [6, 6.07) is 0.837. The second-order valence-corrected chi connectivity index (χ2v) is 6.79. The van der Waals surface area contributed by atoms with Crippen LogP contribution in [0.3, 0.4) is 0 Å². The average molecular weight is 436 g/mol. The van der Waals surface area contributed by atoms with Crippen molar-refractivity contribution in [1.82, 2.24) is 10.0 Å². The third kappa shape index (κ3) is 3.26. The largest absolute Gasteiger partial charge is 0.459 e. The Bertz CT molecular complexity index is 942. The van der Waals surface area contributed by atoms with Gasteiger partial charge in [-0.15, -0.1) is 10.2 Å². The summed E-state index contributed by atoms with van der Waals surface area (Å²) < 4.78 is 90.8. The molecule has 0 amide bonds. The van der Waals surface area contributed by atoms with E-state index in [1.807, 2.05) is 0 Å². The highest BCUT2D eigenvalue weighted by atomic mass is 19.4. The molecule has 3 aliphatic rings. The van der Waals surface area contributed by atoms with Gasteiger partial charge in [-0.25, -0.2) is 9.37 Å². The summed E-state index contributed by atoms with van der Waals surface area (Å²) in [4.78, 5) is 8.96. The van der Waals surface area contributed by atoms with E-state index >= 15 is 0 Å². The standard InChI is InChI=1S/C17H14F6N4O3/c1-28-16(19,20)14-26-25-12-4-3-11(30-27(12)14)9-7-10(18)13(24-8-9)29-15(5-2-6-15)17(21,22)23/h3-4,7-8,14H,2,5-6H2,1H3. The van der Waals surface area contributed by atoms with Gasteiger partial charge >= 0.3 is 12.3 Å². The van der Waals surface area contributed by atoms with Crippen LogP contribution in [0.4, 0.5) is 26.3 Å². The van der Waals surface area contributed by atoms with Crippen molar-refractivity contribution in [2.75, 3.05) is 7.11 Å². The van der Waals surface area contributed by atoms with E-state index in [4.69, 9.17) is 9.57 Å². The van der Waals surface area contributed by atoms with Crippen LogP contribution in [0, 0.1) is 5.82 Å². The van der Waals surface area contributed by atoms with Crippen molar-refractivity contribution < 1.29 is 40.7 Å². The highest BCUT2D eigenvalue weighted by molar-refractivity contribution is 5.62. The molecule has 1 unspecified atom stereocenters. The lowest BCUT2D eigenvalue weighted by atomic mass is 9.79. The fourth-order valence-electron chi connectivity index (χ4n) is 3.04. The van der Waals surface area contributed by atoms with Crippen molar-refractivity contribution in [3.8, 4) is 5.88 Å². The van der Waals surface area contributed by atoms with Crippen molar-refractivity contribution in [1.29, 1.82) is 0 Å². The number of rotatable bonds is 5. The van der Waals surface area contributed by atoms with E-state index in [0.29, 0.717) is 11.5 Å². The van der Waals surface area contributed by atoms with Crippen LogP contribution in [0.5, 0.6) is 5.88 Å². The maximum absolute atomic E-state index is 14.4. The van der Waals surface area contributed by atoms with Crippen molar-refractivity contribution in [3.05, 3.63) is 41.6 Å². The van der Waals surface area contributed by atoms with E-state index < -0.39 is 35.7 Å². The van der Waals surface area contributed by atoms with Crippen molar-refractivity contribution in [3.63, 3.8) is 0 Å². The molecule has 2 aliphatic heterocycles. The van der Waals surface area contributed by atoms with Crippen LogP contribution in [-0.2, 0) is 9.57 Å². The number of fused-ring (bicyclic) bond motifs is 1. The predicted octanol–water partition coefficient (Wildman–Crippen LogP) is 4.55. The van der Waals surface area contributed by atoms with Crippen molar-refractivity contribution in [2.45, 2.75) is 43.3 Å². The maximum atomic E-state index is 14.4. The topological polar surface area (TPSA) is 68.5 Å². The first-order valence-electron chi connectivity index (χ1n) is 8.71. The summed E-state index contributed by atoms with van der Waals surface area (Å²) in [5, 5.41) is 7.63. The minimum atomic E-state index is -4.67. The molecule has 1 atom stereocenters. The second-order valence-electron chi connectivity index (χ2n) is 6.79. The predicted molar refractivity (Wildman–Crippen MR) is 87.0 cm³/mol. The number of hydrogen-bond acceptors (Lipinski definition) is 7. The Morgan fingerprint density at radius 1 is 1.20 bits per heavy atom. The normalized spacial score (nSPS) is 22.6. The Hall–Kier alpha value is -2.83. The van der Waals surface area contributed by atoms with Crippen molar-refractivity contribution in [2.24, 2.45) is 10.2 Å². The van der Waals surface area contributed by atoms with Gasteiger partial charge in [-0.05, 0) is 37.5 Å². The molecule has 30 heavy (non-hydrogen) atoms. The first kappa shape index (κ1) is 20.4. The number of azo groups is 1. The Morgan fingerprint density at radius 3 is 2.50 bits per heavy atom. The quantitative estimate of drug-likeness (QED) is 0.634. The molecule has 1 aromatic rings. The number of ether oxygens (including phenoxy) is 2. The van der Waals surface area contributed by atoms with Gasteiger partial charge in [-0.2, -0.15) is 27.0 Å². The smallest absolute Gasteiger partial charge is 0.428 e. The van der Waals surface area contributed by atoms with Crippen LogP contribution < -0.4 is 4.74 Å². The third-order valence-corrected chi connectivity index (χ3v) is 4.93. The summed E-state index contributed by atoms with van der Waals surface area (Å²) in [6.45, 7) is 0. The van der Waals surface area contributed by atoms with Crippen LogP contribution in [0.1, 0.15) is 24.8 Å². The number of aromatic nitrogens is 1. The number of methoxy groups -OCH3 is 1. The summed E-state index contributed by atoms with van der Waals surface area (Å²) in [5.74, 6) is -2.10. The monoisotopic (exact) mass is 436 g/mol. The van der Waals surface area contributed by atoms with Crippen LogP contribution in [0.25, 0.3) is 5.76 Å². The third-order valence-electron chi connectivity index (χ3n) is 4.93. The number of halogens is 6. The van der Waals surface area contributed by atoms with Gasteiger partial charge in [0.15, 0.2) is 17.4 Å². The SMILES string of the molecule is COC(F)(F)C1N=NC2=CC=C(c3cnc(OC4(C(F)(F)F)CCC4)c(F)c3)ON21. The molecule has 7 nitrogen and oxygen atoms in total. The molecule has 1 fully saturated rings. The van der Waals surface area contributed by atoms with Gasteiger partial charge in [0.1, 0.15) is 0 Å². The van der Waals surface area contributed by atoms with E-state index in [2.05, 4.69) is 19.9 Å². The Labute approximate surface area is 165 Å². The molecule has 1 aromatic heterocycles. The van der Waals surface area contributed by atoms with Gasteiger partial charge in [-0.1, -0.05) is 0 Å². The molecule has 0 N–H and O–H groups in total. The molecule has 13 heteroatoms. The van der Waals surface area contributed by atoms with E-state index in [1.54, 1.807) is 0 Å². The number of pyridine rings is 1. The lowest BCUT2D eigenvalue weighted by Gasteiger charge is -2.42. The summed E-state index contributed by atoms with van der Waals surface area (Å²) in [5.41, 5.74) is -2.48. The number of hydrogen-bond donors (Lipinski definition) is 0. The zero-order valence-electron chi connectivity index (χ0n) is 15.3. The first-order chi connectivity index (χ1) is 14.1. The van der Waals surface area contributed by atoms with E-state index in [0.717, 1.165) is 19.4 Å². The highest BCUT2D eigenvalue weighted by Gasteiger charge is 2.61. The molecule has 0 spiro atoms. The first-order valence-corrected chi connectivity index (χ1v) is 8.71. The van der Waals surface area contributed by atoms with Crippen LogP contribution >= 0.6 is 0 Å². The number of nitrogens with zero attached hydrogens (tertiary/aromatic N) is 4. The van der Waals surface area contributed by atoms with Gasteiger partial charge in [-0.3, -0.25) is 0 Å². The van der Waals surface area contributed by atoms with Crippen LogP contribution in [0.15, 0.2) is 40.5 Å². The number of allylic oxidation sites excluding steroid dienone is 2. The summed E-state index contributed by atoms with van der Waals surface area (Å²) >= 11 is 0. The average Bonchev–Trinajstić information content (AvgIpc) is 3.08. The minimum Gasteiger partial charge on any atom is -0.459 e. The van der Waals surface area contributed by atoms with Crippen molar-refractivity contribution >= 4 is 5.76 Å². The molecule has 3 heterocycles. The van der Waals surface area contributed by atoms with Gasteiger partial charge in [0, 0.05) is 18.9 Å². The molecule has 0 saturated heterocycles. The summed E-state index contributed by atoms with van der Waals surface area (Å²) in [6.07, 6.45) is -6.98. The highest BCUT2D eigenvalue weighted by Crippen LogP contribution is 2.48. The zero-order valence-corrected chi connectivity index (χ0v) is 15.3. The second kappa shape index (κ2) is 6.86. The maximum Gasteiger partial charge on any atom is 0.428 e. The van der Waals surface area contributed by atoms with Gasteiger partial charge in [0.05, 0.1) is 0 Å². The molecular formula is C17H14F6N4O3. The van der Waals surface area contributed by atoms with Gasteiger partial charge < -0.3 is 14.3 Å². The van der Waals surface area contributed by atoms with E-state index in [-0.39, 0.29) is 30.0 Å². The molecule has 0 radical (unpaired) electrons. The Balaban J connectivity index is 1.55. The lowest BCUT2D eigenvalue weighted by molar-refractivity contribution is -0.284. The number of alkyl halides is 5. The van der Waals surface area contributed by atoms with Gasteiger partial charge in [0.2, 0.25) is 5.60 Å². The molecule has 0 bridgehead atoms. The summed E-state index contributed by atoms with van der Waals surface area (Å²) in [7, 11) is 0.783. The fraction of sp³-hybridized carbons (Fsp3) is 0.471. The van der Waals surface area contributed by atoms with E-state index in [9.17, 15) is 26.3 Å². The molecule has 1 aliphatic carbocycles. The Morgan fingerprint density at radius 2 is 1.93 bits per heavy atom. The molecule has 4 rings (SSSR count). The lowest BCUT2D eigenvalue weighted by Crippen LogP contribution is -2.55. The number of hydroxylamine groups is 2. The fourth-order valence-corrected chi connectivity index (χ4v) is 3.04. The van der Waals surface area contributed by atoms with E-state index in [1.165, 1.54) is 12.2 Å². The molecule has 162 valence electrons. The Kier molecular flexibility index (Phi) is 4.67. The van der Waals surface area contributed by atoms with Gasteiger partial charge in [0.25, 0.3) is 12.0 Å². The molecule has 1 saturated carbocycles.